The van der Waals surface area contributed by atoms with Gasteiger partial charge in [0.2, 0.25) is 5.88 Å². The van der Waals surface area contributed by atoms with Crippen LogP contribution in [-0.2, 0) is 6.42 Å². The summed E-state index contributed by atoms with van der Waals surface area (Å²) in [5.41, 5.74) is 3.53. The molecule has 0 bridgehead atoms. The fourth-order valence-electron chi connectivity index (χ4n) is 2.98. The summed E-state index contributed by atoms with van der Waals surface area (Å²) >= 11 is 0. The number of nitrogens with zero attached hydrogens (tertiary/aromatic N) is 2. The van der Waals surface area contributed by atoms with Crippen LogP contribution < -0.4 is 20.7 Å². The predicted molar refractivity (Wildman–Crippen MR) is 127 cm³/mol. The molecule has 0 unspecified atom stereocenters. The molecule has 0 saturated heterocycles. The number of benzene rings is 3. The first-order valence-electron chi connectivity index (χ1n) is 10.3. The Morgan fingerprint density at radius 1 is 0.812 bits per heavy atom. The summed E-state index contributed by atoms with van der Waals surface area (Å²) in [5, 5.41) is 8.82. The third-order valence-corrected chi connectivity index (χ3v) is 4.64. The number of aryl methyl sites for hydroxylation is 1. The molecule has 0 fully saturated rings. The van der Waals surface area contributed by atoms with Gasteiger partial charge in [-0.3, -0.25) is 0 Å². The second-order valence-electron chi connectivity index (χ2n) is 6.99. The molecule has 7 heteroatoms. The Morgan fingerprint density at radius 3 is 2.12 bits per heavy atom. The molecule has 32 heavy (non-hydrogen) atoms. The van der Waals surface area contributed by atoms with E-state index < -0.39 is 0 Å². The standard InChI is InChI=1S/C25H23N5O2/c1-2-18-8-10-20(11-9-18)29-25(31)30-21-12-14-22(15-13-21)32-24-16-23(26-17-27-24)28-19-6-4-3-5-7-19/h3-17H,2H2,1H3,(H,26,27,28)(H2,29,30,31). The fourth-order valence-corrected chi connectivity index (χ4v) is 2.98. The van der Waals surface area contributed by atoms with Crippen LogP contribution in [0.15, 0.2) is 91.3 Å². The third-order valence-electron chi connectivity index (χ3n) is 4.64. The van der Waals surface area contributed by atoms with Crippen LogP contribution in [0.25, 0.3) is 0 Å². The van der Waals surface area contributed by atoms with Crippen molar-refractivity contribution < 1.29 is 9.53 Å². The van der Waals surface area contributed by atoms with Crippen LogP contribution in [0, 0.1) is 0 Å². The Hall–Kier alpha value is -4.39. The summed E-state index contributed by atoms with van der Waals surface area (Å²) in [5.74, 6) is 1.63. The van der Waals surface area contributed by atoms with E-state index in [2.05, 4.69) is 32.8 Å². The molecule has 0 radical (unpaired) electrons. The van der Waals surface area contributed by atoms with Gasteiger partial charge in [-0.2, -0.15) is 0 Å². The molecule has 2 amide bonds. The number of carbonyl (C=O) groups is 1. The van der Waals surface area contributed by atoms with Crippen molar-refractivity contribution >= 4 is 28.9 Å². The Balaban J connectivity index is 1.33. The number of anilines is 4. The van der Waals surface area contributed by atoms with E-state index in [9.17, 15) is 4.79 Å². The molecular formula is C25H23N5O2. The second-order valence-corrected chi connectivity index (χ2v) is 6.99. The van der Waals surface area contributed by atoms with Crippen LogP contribution in [0.1, 0.15) is 12.5 Å². The summed E-state index contributed by atoms with van der Waals surface area (Å²) < 4.78 is 5.81. The molecular weight excluding hydrogens is 402 g/mol. The van der Waals surface area contributed by atoms with E-state index in [-0.39, 0.29) is 6.03 Å². The van der Waals surface area contributed by atoms with E-state index in [0.29, 0.717) is 23.1 Å². The Morgan fingerprint density at radius 2 is 1.47 bits per heavy atom. The largest absolute Gasteiger partial charge is 0.439 e. The number of carbonyl (C=O) groups excluding carboxylic acids is 1. The second kappa shape index (κ2) is 10.1. The lowest BCUT2D eigenvalue weighted by atomic mass is 10.1. The van der Waals surface area contributed by atoms with Crippen molar-refractivity contribution in [3.63, 3.8) is 0 Å². The minimum atomic E-state index is -0.310. The highest BCUT2D eigenvalue weighted by Crippen LogP contribution is 2.24. The SMILES string of the molecule is CCc1ccc(NC(=O)Nc2ccc(Oc3cc(Nc4ccccc4)ncn3)cc2)cc1. The Labute approximate surface area is 186 Å². The summed E-state index contributed by atoms with van der Waals surface area (Å²) in [7, 11) is 0. The number of hydrogen-bond donors (Lipinski definition) is 3. The van der Waals surface area contributed by atoms with Gasteiger partial charge in [0.25, 0.3) is 0 Å². The van der Waals surface area contributed by atoms with E-state index in [1.807, 2.05) is 54.6 Å². The molecule has 4 rings (SSSR count). The summed E-state index contributed by atoms with van der Waals surface area (Å²) in [6.45, 7) is 2.09. The quantitative estimate of drug-likeness (QED) is 0.327. The molecule has 0 saturated carbocycles. The van der Waals surface area contributed by atoms with E-state index >= 15 is 0 Å². The number of urea groups is 1. The summed E-state index contributed by atoms with van der Waals surface area (Å²) in [6.07, 6.45) is 2.40. The van der Waals surface area contributed by atoms with Gasteiger partial charge in [0.15, 0.2) is 0 Å². The molecule has 0 aliphatic heterocycles. The molecule has 0 aliphatic carbocycles. The van der Waals surface area contributed by atoms with Gasteiger partial charge in [-0.1, -0.05) is 37.3 Å². The zero-order valence-corrected chi connectivity index (χ0v) is 17.6. The maximum absolute atomic E-state index is 12.2. The van der Waals surface area contributed by atoms with Crippen molar-refractivity contribution in [2.24, 2.45) is 0 Å². The Bertz CT molecular complexity index is 1160. The number of hydrogen-bond acceptors (Lipinski definition) is 5. The zero-order valence-electron chi connectivity index (χ0n) is 17.6. The molecule has 160 valence electrons. The van der Waals surface area contributed by atoms with Crippen LogP contribution in [0.4, 0.5) is 27.7 Å². The van der Waals surface area contributed by atoms with Gasteiger partial charge in [-0.25, -0.2) is 14.8 Å². The third kappa shape index (κ3) is 5.82. The van der Waals surface area contributed by atoms with Crippen LogP contribution in [0.5, 0.6) is 11.6 Å². The molecule has 7 nitrogen and oxygen atoms in total. The average Bonchev–Trinajstić information content (AvgIpc) is 2.82. The van der Waals surface area contributed by atoms with Gasteiger partial charge in [0, 0.05) is 23.1 Å². The molecule has 0 atom stereocenters. The lowest BCUT2D eigenvalue weighted by Gasteiger charge is -2.10. The molecule has 0 spiro atoms. The number of rotatable bonds is 7. The normalized spacial score (nSPS) is 10.3. The monoisotopic (exact) mass is 425 g/mol. The van der Waals surface area contributed by atoms with Gasteiger partial charge in [-0.05, 0) is 60.5 Å². The first kappa shape index (κ1) is 20.9. The first-order valence-corrected chi connectivity index (χ1v) is 10.3. The van der Waals surface area contributed by atoms with Crippen molar-refractivity contribution in [2.75, 3.05) is 16.0 Å². The highest BCUT2D eigenvalue weighted by atomic mass is 16.5. The maximum atomic E-state index is 12.2. The molecule has 0 aliphatic rings. The molecule has 3 aromatic carbocycles. The lowest BCUT2D eigenvalue weighted by molar-refractivity contribution is 0.262. The summed E-state index contributed by atoms with van der Waals surface area (Å²) in [4.78, 5) is 20.6. The number of aromatic nitrogens is 2. The first-order chi connectivity index (χ1) is 15.7. The summed E-state index contributed by atoms with van der Waals surface area (Å²) in [6, 6.07) is 26.0. The zero-order chi connectivity index (χ0) is 22.2. The van der Waals surface area contributed by atoms with Crippen LogP contribution >= 0.6 is 0 Å². The highest BCUT2D eigenvalue weighted by molar-refractivity contribution is 5.99. The van der Waals surface area contributed by atoms with E-state index in [1.165, 1.54) is 11.9 Å². The fraction of sp³-hybridized carbons (Fsp3) is 0.0800. The average molecular weight is 425 g/mol. The smallest absolute Gasteiger partial charge is 0.323 e. The highest BCUT2D eigenvalue weighted by Gasteiger charge is 2.05. The van der Waals surface area contributed by atoms with Gasteiger partial charge in [-0.15, -0.1) is 0 Å². The van der Waals surface area contributed by atoms with Crippen LogP contribution in [0.3, 0.4) is 0 Å². The van der Waals surface area contributed by atoms with Crippen molar-refractivity contribution in [1.82, 2.24) is 9.97 Å². The van der Waals surface area contributed by atoms with Gasteiger partial charge in [0.1, 0.15) is 17.9 Å². The van der Waals surface area contributed by atoms with Crippen LogP contribution in [0.2, 0.25) is 0 Å². The number of nitrogens with one attached hydrogen (secondary N) is 3. The van der Waals surface area contributed by atoms with Crippen molar-refractivity contribution in [3.05, 3.63) is 96.8 Å². The van der Waals surface area contributed by atoms with Crippen LogP contribution in [-0.4, -0.2) is 16.0 Å². The van der Waals surface area contributed by atoms with E-state index in [1.54, 1.807) is 30.3 Å². The van der Waals surface area contributed by atoms with Crippen molar-refractivity contribution in [1.29, 1.82) is 0 Å². The van der Waals surface area contributed by atoms with Crippen molar-refractivity contribution in [2.45, 2.75) is 13.3 Å². The number of para-hydroxylation sites is 1. The van der Waals surface area contributed by atoms with E-state index in [4.69, 9.17) is 4.74 Å². The molecule has 1 heterocycles. The number of amides is 2. The van der Waals surface area contributed by atoms with Gasteiger partial charge in [0.05, 0.1) is 0 Å². The van der Waals surface area contributed by atoms with Gasteiger partial charge < -0.3 is 20.7 Å². The molecule has 1 aromatic heterocycles. The van der Waals surface area contributed by atoms with E-state index in [0.717, 1.165) is 17.8 Å². The van der Waals surface area contributed by atoms with Gasteiger partial charge >= 0.3 is 6.03 Å². The van der Waals surface area contributed by atoms with Crippen molar-refractivity contribution in [3.8, 4) is 11.6 Å². The molecule has 3 N–H and O–H groups in total. The molecule has 4 aromatic rings. The number of ether oxygens (including phenoxy) is 1. The Kier molecular flexibility index (Phi) is 6.57. The minimum absolute atomic E-state index is 0.310. The topological polar surface area (TPSA) is 88.2 Å². The minimum Gasteiger partial charge on any atom is -0.439 e. The predicted octanol–water partition coefficient (Wildman–Crippen LogP) is 6.22. The maximum Gasteiger partial charge on any atom is 0.323 e. The lowest BCUT2D eigenvalue weighted by Crippen LogP contribution is -2.19.